The second-order valence-electron chi connectivity index (χ2n) is 7.71. The van der Waals surface area contributed by atoms with Gasteiger partial charge < -0.3 is 30.2 Å². The number of nitrogens with two attached hydrogens (primary N) is 1. The molecule has 0 bridgehead atoms. The molecule has 0 aliphatic rings. The van der Waals surface area contributed by atoms with Gasteiger partial charge in [-0.25, -0.2) is 0 Å². The Bertz CT molecular complexity index is 897. The largest absolute Gasteiger partial charge is 0.497 e. The van der Waals surface area contributed by atoms with Crippen molar-refractivity contribution in [3.8, 4) is 17.2 Å². The second-order valence-corrected chi connectivity index (χ2v) is 7.71. The quantitative estimate of drug-likeness (QED) is 0.425. The predicted molar refractivity (Wildman–Crippen MR) is 124 cm³/mol. The van der Waals surface area contributed by atoms with Crippen molar-refractivity contribution >= 4 is 0 Å². The lowest BCUT2D eigenvalue weighted by Crippen LogP contribution is -2.40. The molecule has 0 amide bonds. The molecule has 2 atom stereocenters. The van der Waals surface area contributed by atoms with Gasteiger partial charge in [0.1, 0.15) is 35.6 Å². The Kier molecular flexibility index (Phi) is 8.11. The first-order chi connectivity index (χ1) is 15.5. The summed E-state index contributed by atoms with van der Waals surface area (Å²) >= 11 is 0. The van der Waals surface area contributed by atoms with E-state index in [1.165, 1.54) is 0 Å². The van der Waals surface area contributed by atoms with Crippen molar-refractivity contribution < 1.29 is 24.4 Å². The van der Waals surface area contributed by atoms with E-state index in [2.05, 4.69) is 0 Å². The Balaban J connectivity index is 1.74. The van der Waals surface area contributed by atoms with Crippen LogP contribution >= 0.6 is 0 Å². The van der Waals surface area contributed by atoms with Crippen LogP contribution in [0.2, 0.25) is 0 Å². The van der Waals surface area contributed by atoms with E-state index in [-0.39, 0.29) is 6.61 Å². The third-order valence-corrected chi connectivity index (χ3v) is 5.63. The van der Waals surface area contributed by atoms with Gasteiger partial charge in [0, 0.05) is 6.04 Å². The molecule has 170 valence electrons. The molecule has 0 fully saturated rings. The van der Waals surface area contributed by atoms with Crippen LogP contribution in [0.5, 0.6) is 17.2 Å². The van der Waals surface area contributed by atoms with Crippen LogP contribution in [0.3, 0.4) is 0 Å². The fourth-order valence-electron chi connectivity index (χ4n) is 3.58. The van der Waals surface area contributed by atoms with Crippen LogP contribution in [0.15, 0.2) is 78.9 Å². The molecule has 0 spiro atoms. The molecule has 6 nitrogen and oxygen atoms in total. The molecule has 0 heterocycles. The Morgan fingerprint density at radius 2 is 1.28 bits per heavy atom. The fraction of sp³-hybridized carbons (Fsp3) is 0.308. The zero-order valence-electron chi connectivity index (χ0n) is 18.5. The molecule has 0 radical (unpaired) electrons. The van der Waals surface area contributed by atoms with Crippen LogP contribution in [0.1, 0.15) is 24.0 Å². The van der Waals surface area contributed by atoms with Crippen LogP contribution < -0.4 is 19.9 Å². The van der Waals surface area contributed by atoms with Crippen molar-refractivity contribution in [3.05, 3.63) is 90.0 Å². The number of hydrogen-bond acceptors (Lipinski definition) is 6. The average molecular weight is 438 g/mol. The van der Waals surface area contributed by atoms with Gasteiger partial charge in [-0.05, 0) is 60.4 Å². The monoisotopic (exact) mass is 437 g/mol. The summed E-state index contributed by atoms with van der Waals surface area (Å²) in [6.07, 6.45) is -0.172. The van der Waals surface area contributed by atoms with Gasteiger partial charge in [-0.2, -0.15) is 0 Å². The highest BCUT2D eigenvalue weighted by Crippen LogP contribution is 2.36. The molecular weight excluding hydrogens is 406 g/mol. The first-order valence-corrected chi connectivity index (χ1v) is 10.6. The molecule has 0 saturated carbocycles. The van der Waals surface area contributed by atoms with E-state index in [9.17, 15) is 10.2 Å². The normalized spacial score (nSPS) is 13.3. The van der Waals surface area contributed by atoms with Crippen LogP contribution in [0.4, 0.5) is 0 Å². The van der Waals surface area contributed by atoms with E-state index < -0.39 is 17.7 Å². The minimum atomic E-state index is -1.30. The molecule has 0 aliphatic heterocycles. The standard InChI is InChI=1S/C26H31NO5/c1-30-21-12-8-19(9-13-21)26(29,20-10-14-22(31-2)15-11-20)17-16-24(27)25(28)18-32-23-6-4-3-5-7-23/h3-15,24-25,28-29H,16-18,27H2,1-2H3/t24?,25-/m0/s1. The number of aliphatic hydroxyl groups excluding tert-OH is 1. The number of ether oxygens (including phenoxy) is 3. The number of aliphatic hydroxyl groups is 2. The number of hydrogen-bond donors (Lipinski definition) is 3. The molecule has 0 saturated heterocycles. The maximum absolute atomic E-state index is 11.8. The van der Waals surface area contributed by atoms with Gasteiger partial charge in [-0.1, -0.05) is 42.5 Å². The zero-order valence-corrected chi connectivity index (χ0v) is 18.5. The van der Waals surface area contributed by atoms with Crippen LogP contribution in [0, 0.1) is 0 Å². The Labute approximate surface area is 189 Å². The molecule has 3 rings (SSSR count). The van der Waals surface area contributed by atoms with Gasteiger partial charge >= 0.3 is 0 Å². The lowest BCUT2D eigenvalue weighted by molar-refractivity contribution is 0.0463. The van der Waals surface area contributed by atoms with Crippen LogP contribution in [-0.4, -0.2) is 43.2 Å². The van der Waals surface area contributed by atoms with E-state index in [4.69, 9.17) is 19.9 Å². The maximum Gasteiger partial charge on any atom is 0.119 e. The summed E-state index contributed by atoms with van der Waals surface area (Å²) in [6, 6.07) is 23.3. The number of rotatable bonds is 11. The fourth-order valence-corrected chi connectivity index (χ4v) is 3.58. The van der Waals surface area contributed by atoms with Gasteiger partial charge in [0.05, 0.1) is 14.2 Å². The lowest BCUT2D eigenvalue weighted by Gasteiger charge is -2.31. The van der Waals surface area contributed by atoms with Crippen molar-refractivity contribution in [1.82, 2.24) is 0 Å². The van der Waals surface area contributed by atoms with E-state index in [0.717, 1.165) is 0 Å². The molecule has 0 aromatic heterocycles. The third kappa shape index (κ3) is 5.79. The summed E-state index contributed by atoms with van der Waals surface area (Å²) in [5.74, 6) is 2.08. The first kappa shape index (κ1) is 23.6. The highest BCUT2D eigenvalue weighted by atomic mass is 16.5. The smallest absolute Gasteiger partial charge is 0.119 e. The van der Waals surface area contributed by atoms with Crippen molar-refractivity contribution in [3.63, 3.8) is 0 Å². The zero-order chi connectivity index (χ0) is 23.0. The number of benzene rings is 3. The molecule has 32 heavy (non-hydrogen) atoms. The summed E-state index contributed by atoms with van der Waals surface area (Å²) in [4.78, 5) is 0. The first-order valence-electron chi connectivity index (χ1n) is 10.6. The molecule has 6 heteroatoms. The number of para-hydroxylation sites is 1. The summed E-state index contributed by atoms with van der Waals surface area (Å²) in [7, 11) is 3.20. The molecular formula is C26H31NO5. The van der Waals surface area contributed by atoms with Crippen LogP contribution in [-0.2, 0) is 5.60 Å². The van der Waals surface area contributed by atoms with Gasteiger partial charge in [-0.15, -0.1) is 0 Å². The summed E-state index contributed by atoms with van der Waals surface area (Å²) < 4.78 is 16.1. The lowest BCUT2D eigenvalue weighted by atomic mass is 9.81. The van der Waals surface area contributed by atoms with E-state index >= 15 is 0 Å². The summed E-state index contributed by atoms with van der Waals surface area (Å²) in [5, 5.41) is 22.3. The minimum Gasteiger partial charge on any atom is -0.497 e. The van der Waals surface area contributed by atoms with Crippen molar-refractivity contribution in [1.29, 1.82) is 0 Å². The summed E-state index contributed by atoms with van der Waals surface area (Å²) in [5.41, 5.74) is 6.39. The molecule has 4 N–H and O–H groups in total. The number of methoxy groups -OCH3 is 2. The van der Waals surface area contributed by atoms with Crippen molar-refractivity contribution in [2.45, 2.75) is 30.6 Å². The SMILES string of the molecule is COc1ccc(C(O)(CCC(N)[C@@H](O)COc2ccccc2)c2ccc(OC)cc2)cc1. The van der Waals surface area contributed by atoms with Gasteiger partial charge in [0.2, 0.25) is 0 Å². The maximum atomic E-state index is 11.8. The Morgan fingerprint density at radius 3 is 1.75 bits per heavy atom. The highest BCUT2D eigenvalue weighted by molar-refractivity contribution is 5.40. The van der Waals surface area contributed by atoms with Crippen LogP contribution in [0.25, 0.3) is 0 Å². The van der Waals surface area contributed by atoms with E-state index in [1.54, 1.807) is 14.2 Å². The van der Waals surface area contributed by atoms with E-state index in [1.807, 2.05) is 78.9 Å². The molecule has 3 aromatic carbocycles. The second kappa shape index (κ2) is 11.0. The van der Waals surface area contributed by atoms with Gasteiger partial charge in [-0.3, -0.25) is 0 Å². The summed E-state index contributed by atoms with van der Waals surface area (Å²) in [6.45, 7) is 0.0781. The van der Waals surface area contributed by atoms with Crippen molar-refractivity contribution in [2.24, 2.45) is 5.73 Å². The van der Waals surface area contributed by atoms with E-state index in [0.29, 0.717) is 41.2 Å². The molecule has 0 aliphatic carbocycles. The Hall–Kier alpha value is -3.06. The highest BCUT2D eigenvalue weighted by Gasteiger charge is 2.33. The average Bonchev–Trinajstić information content (AvgIpc) is 2.86. The van der Waals surface area contributed by atoms with Gasteiger partial charge in [0.15, 0.2) is 0 Å². The topological polar surface area (TPSA) is 94.2 Å². The molecule has 1 unspecified atom stereocenters. The predicted octanol–water partition coefficient (Wildman–Crippen LogP) is 3.49. The van der Waals surface area contributed by atoms with Gasteiger partial charge in [0.25, 0.3) is 0 Å². The minimum absolute atomic E-state index is 0.0781. The molecule has 3 aromatic rings. The Morgan fingerprint density at radius 1 is 0.781 bits per heavy atom. The van der Waals surface area contributed by atoms with Crippen molar-refractivity contribution in [2.75, 3.05) is 20.8 Å². The third-order valence-electron chi connectivity index (χ3n) is 5.63.